The van der Waals surface area contributed by atoms with Crippen LogP contribution in [-0.2, 0) is 15.7 Å². The third kappa shape index (κ3) is 7.45. The molecule has 186 valence electrons. The number of aliphatic carboxylic acids is 1. The van der Waals surface area contributed by atoms with Crippen LogP contribution in [0.3, 0.4) is 0 Å². The highest BCUT2D eigenvalue weighted by atomic mass is 19.4. The summed E-state index contributed by atoms with van der Waals surface area (Å²) in [5.41, 5.74) is 1.97. The summed E-state index contributed by atoms with van der Waals surface area (Å²) in [4.78, 5) is 11.1. The van der Waals surface area contributed by atoms with Crippen molar-refractivity contribution in [3.8, 4) is 0 Å². The average molecular weight is 477 g/mol. The molecule has 1 N–H and O–H groups in total. The second-order valence-electron chi connectivity index (χ2n) is 8.75. The molecule has 6 heteroatoms. The van der Waals surface area contributed by atoms with Gasteiger partial charge < -0.3 is 9.84 Å². The third-order valence-corrected chi connectivity index (χ3v) is 6.10. The van der Waals surface area contributed by atoms with Crippen molar-refractivity contribution in [2.24, 2.45) is 0 Å². The molecule has 1 saturated carbocycles. The van der Waals surface area contributed by atoms with Gasteiger partial charge in [-0.15, -0.1) is 0 Å². The summed E-state index contributed by atoms with van der Waals surface area (Å²) in [6.07, 6.45) is 7.34. The number of rotatable bonds is 6. The van der Waals surface area contributed by atoms with E-state index in [1.54, 1.807) is 37.5 Å². The Bertz CT molecular complexity index is 946. The molecular weight excluding hydrogens is 441 g/mol. The van der Waals surface area contributed by atoms with E-state index in [4.69, 9.17) is 9.84 Å². The molecule has 0 bridgehead atoms. The lowest BCUT2D eigenvalue weighted by molar-refractivity contribution is -0.138. The zero-order valence-electron chi connectivity index (χ0n) is 20.3. The topological polar surface area (TPSA) is 46.5 Å². The zero-order chi connectivity index (χ0) is 25.3. The highest BCUT2D eigenvalue weighted by molar-refractivity contribution is 5.81. The van der Waals surface area contributed by atoms with Gasteiger partial charge >= 0.3 is 12.1 Å². The summed E-state index contributed by atoms with van der Waals surface area (Å²) < 4.78 is 46.8. The Morgan fingerprint density at radius 1 is 1.21 bits per heavy atom. The van der Waals surface area contributed by atoms with E-state index in [2.05, 4.69) is 20.4 Å². The number of carboxylic acids is 1. The van der Waals surface area contributed by atoms with Crippen molar-refractivity contribution in [3.05, 3.63) is 76.9 Å². The summed E-state index contributed by atoms with van der Waals surface area (Å²) in [6, 6.07) is 4.42. The Morgan fingerprint density at radius 3 is 2.38 bits per heavy atom. The summed E-state index contributed by atoms with van der Waals surface area (Å²) in [5, 5.41) is 9.12. The van der Waals surface area contributed by atoms with Crippen molar-refractivity contribution >= 4 is 11.5 Å². The minimum Gasteiger partial charge on any atom is -0.481 e. The highest BCUT2D eigenvalue weighted by Gasteiger charge is 2.35. The van der Waals surface area contributed by atoms with Crippen LogP contribution in [-0.4, -0.2) is 24.3 Å². The number of benzene rings is 1. The maximum absolute atomic E-state index is 13.8. The molecule has 0 saturated heterocycles. The third-order valence-electron chi connectivity index (χ3n) is 6.10. The normalized spacial score (nSPS) is 21.8. The molecule has 2 aliphatic carbocycles. The van der Waals surface area contributed by atoms with Crippen LogP contribution in [0.4, 0.5) is 13.2 Å². The van der Waals surface area contributed by atoms with Gasteiger partial charge in [0.25, 0.3) is 0 Å². The van der Waals surface area contributed by atoms with Crippen LogP contribution in [0.15, 0.2) is 60.2 Å². The molecule has 34 heavy (non-hydrogen) atoms. The molecule has 3 rings (SSSR count). The van der Waals surface area contributed by atoms with E-state index >= 15 is 0 Å². The van der Waals surface area contributed by atoms with Crippen molar-refractivity contribution in [2.75, 3.05) is 7.11 Å². The molecule has 0 radical (unpaired) electrons. The van der Waals surface area contributed by atoms with Crippen LogP contribution in [0.1, 0.15) is 81.4 Å². The Balaban J connectivity index is 0.00000129. The fourth-order valence-electron chi connectivity index (χ4n) is 4.41. The maximum atomic E-state index is 13.8. The number of carbonyl (C=O) groups is 1. The molecule has 0 amide bonds. The van der Waals surface area contributed by atoms with Crippen molar-refractivity contribution < 1.29 is 27.8 Å². The molecule has 0 heterocycles. The molecule has 1 aromatic carbocycles. The minimum atomic E-state index is -4.49. The van der Waals surface area contributed by atoms with Gasteiger partial charge in [0.1, 0.15) is 0 Å². The monoisotopic (exact) mass is 476 g/mol. The van der Waals surface area contributed by atoms with Gasteiger partial charge in [0.2, 0.25) is 0 Å². The van der Waals surface area contributed by atoms with Crippen LogP contribution < -0.4 is 0 Å². The minimum absolute atomic E-state index is 0.131. The summed E-state index contributed by atoms with van der Waals surface area (Å²) in [6.45, 7) is 7.92. The van der Waals surface area contributed by atoms with Crippen LogP contribution >= 0.6 is 0 Å². The summed E-state index contributed by atoms with van der Waals surface area (Å²) >= 11 is 0. The van der Waals surface area contributed by atoms with Crippen molar-refractivity contribution in [1.29, 1.82) is 0 Å². The Morgan fingerprint density at radius 2 is 1.85 bits per heavy atom. The molecule has 0 aliphatic heterocycles. The molecule has 1 aromatic rings. The Labute approximate surface area is 200 Å². The van der Waals surface area contributed by atoms with Gasteiger partial charge in [-0.2, -0.15) is 13.2 Å². The van der Waals surface area contributed by atoms with Gasteiger partial charge in [-0.25, -0.2) is 0 Å². The predicted molar refractivity (Wildman–Crippen MR) is 131 cm³/mol. The first-order valence-corrected chi connectivity index (χ1v) is 11.8. The molecule has 3 nitrogen and oxygen atoms in total. The largest absolute Gasteiger partial charge is 0.481 e. The van der Waals surface area contributed by atoms with Crippen LogP contribution in [0.5, 0.6) is 0 Å². The van der Waals surface area contributed by atoms with Gasteiger partial charge in [-0.05, 0) is 71.9 Å². The molecule has 0 spiro atoms. The van der Waals surface area contributed by atoms with E-state index in [-0.39, 0.29) is 24.0 Å². The van der Waals surface area contributed by atoms with E-state index < -0.39 is 17.7 Å². The second-order valence-corrected chi connectivity index (χ2v) is 8.75. The van der Waals surface area contributed by atoms with Crippen LogP contribution in [0.25, 0.3) is 5.57 Å². The smallest absolute Gasteiger partial charge is 0.417 e. The summed E-state index contributed by atoms with van der Waals surface area (Å²) in [5.74, 6) is -0.803. The molecule has 1 fully saturated rings. The van der Waals surface area contributed by atoms with Crippen molar-refractivity contribution in [2.45, 2.75) is 77.0 Å². The molecule has 2 aliphatic rings. The first-order valence-electron chi connectivity index (χ1n) is 11.8. The fraction of sp³-hybridized carbons (Fsp3) is 0.464. The molecular formula is C28H35F3O3. The van der Waals surface area contributed by atoms with E-state index in [1.165, 1.54) is 18.6 Å². The number of ether oxygens (including phenoxy) is 1. The van der Waals surface area contributed by atoms with Gasteiger partial charge in [0, 0.05) is 7.11 Å². The standard InChI is InChI=1S/C25H27F3O3.C3H8/c1-3-16(15-24(29)30)18-5-4-6-20(13-18)22-14-19(9-12-23(22)25(26,27)28)17-7-10-21(31-2)11-8-17;1-3-2/h3-4,6,9,12-14,17,21H,1,5,7-8,10-11,15H2,2H3,(H,29,30);3H2,1-2H3/b18-16-;. The molecule has 0 unspecified atom stereocenters. The van der Waals surface area contributed by atoms with Crippen molar-refractivity contribution in [1.82, 2.24) is 0 Å². The predicted octanol–water partition coefficient (Wildman–Crippen LogP) is 8.09. The number of hydrogen-bond donors (Lipinski definition) is 1. The van der Waals surface area contributed by atoms with Crippen LogP contribution in [0, 0.1) is 0 Å². The Kier molecular flexibility index (Phi) is 10.4. The van der Waals surface area contributed by atoms with E-state index in [9.17, 15) is 18.0 Å². The number of carboxylic acid groups (broad SMARTS) is 1. The molecule has 0 atom stereocenters. The number of halogens is 3. The first-order chi connectivity index (χ1) is 16.1. The fourth-order valence-corrected chi connectivity index (χ4v) is 4.41. The van der Waals surface area contributed by atoms with Crippen molar-refractivity contribution in [3.63, 3.8) is 0 Å². The van der Waals surface area contributed by atoms with Gasteiger partial charge in [0.15, 0.2) is 0 Å². The van der Waals surface area contributed by atoms with E-state index in [1.807, 2.05) is 0 Å². The number of alkyl halides is 3. The highest BCUT2D eigenvalue weighted by Crippen LogP contribution is 2.41. The lowest BCUT2D eigenvalue weighted by atomic mass is 9.80. The number of hydrogen-bond acceptors (Lipinski definition) is 2. The average Bonchev–Trinajstić information content (AvgIpc) is 2.82. The van der Waals surface area contributed by atoms with Gasteiger partial charge in [-0.3, -0.25) is 4.79 Å². The van der Waals surface area contributed by atoms with E-state index in [0.717, 1.165) is 31.2 Å². The Hall–Kier alpha value is -2.60. The van der Waals surface area contributed by atoms with Gasteiger partial charge in [0.05, 0.1) is 18.1 Å². The number of methoxy groups -OCH3 is 1. The van der Waals surface area contributed by atoms with E-state index in [0.29, 0.717) is 23.1 Å². The first kappa shape index (κ1) is 27.6. The number of allylic oxidation sites excluding steroid dienone is 6. The lowest BCUT2D eigenvalue weighted by Gasteiger charge is -2.28. The summed E-state index contributed by atoms with van der Waals surface area (Å²) in [7, 11) is 1.69. The second kappa shape index (κ2) is 12.7. The zero-order valence-corrected chi connectivity index (χ0v) is 20.3. The van der Waals surface area contributed by atoms with Gasteiger partial charge in [-0.1, -0.05) is 63.3 Å². The molecule has 0 aromatic heterocycles. The maximum Gasteiger partial charge on any atom is 0.417 e. The lowest BCUT2D eigenvalue weighted by Crippen LogP contribution is -2.19. The quantitative estimate of drug-likeness (QED) is 0.451. The van der Waals surface area contributed by atoms with Crippen LogP contribution in [0.2, 0.25) is 0 Å². The SMILES string of the molecule is C=C/C(CC(=O)O)=C1/C=C(c2cc(C3CCC(OC)CC3)ccc2C(F)(F)F)C=CC1.CCC.